The maximum Gasteiger partial charge on any atom is 0.416 e. The second kappa shape index (κ2) is 8.65. The molecule has 1 saturated carbocycles. The van der Waals surface area contributed by atoms with E-state index in [1.54, 1.807) is 4.90 Å². The van der Waals surface area contributed by atoms with Crippen LogP contribution in [-0.4, -0.2) is 40.3 Å². The van der Waals surface area contributed by atoms with Gasteiger partial charge in [0.1, 0.15) is 0 Å². The van der Waals surface area contributed by atoms with Crippen LogP contribution in [0.5, 0.6) is 0 Å². The lowest BCUT2D eigenvalue weighted by Crippen LogP contribution is -2.48. The molecular weight excluding hydrogens is 397 g/mol. The van der Waals surface area contributed by atoms with Crippen LogP contribution in [0.2, 0.25) is 0 Å². The van der Waals surface area contributed by atoms with Crippen LogP contribution in [-0.2, 0) is 6.18 Å². The molecule has 6 nitrogen and oxygen atoms in total. The molecule has 2 fully saturated rings. The second-order valence-electron chi connectivity index (χ2n) is 8.09. The fraction of sp³-hybridized carbons (Fsp3) is 0.571. The van der Waals surface area contributed by atoms with Crippen LogP contribution < -0.4 is 5.32 Å². The minimum absolute atomic E-state index is 0.0471. The summed E-state index contributed by atoms with van der Waals surface area (Å²) in [5.74, 6) is 0.522. The van der Waals surface area contributed by atoms with Gasteiger partial charge < -0.3 is 14.6 Å². The lowest BCUT2D eigenvalue weighted by Gasteiger charge is -2.33. The average molecular weight is 422 g/mol. The minimum atomic E-state index is -4.39. The Morgan fingerprint density at radius 3 is 2.47 bits per heavy atom. The van der Waals surface area contributed by atoms with E-state index in [0.717, 1.165) is 50.7 Å². The van der Waals surface area contributed by atoms with Crippen LogP contribution in [0.15, 0.2) is 28.7 Å². The van der Waals surface area contributed by atoms with Gasteiger partial charge in [0, 0.05) is 24.7 Å². The summed E-state index contributed by atoms with van der Waals surface area (Å²) in [5.41, 5.74) is -0.289. The van der Waals surface area contributed by atoms with Gasteiger partial charge in [-0.15, -0.1) is 10.2 Å². The van der Waals surface area contributed by atoms with Crippen molar-refractivity contribution in [3.05, 3.63) is 35.7 Å². The maximum absolute atomic E-state index is 12.7. The summed E-state index contributed by atoms with van der Waals surface area (Å²) in [6.45, 7) is 1.18. The van der Waals surface area contributed by atoms with E-state index in [1.165, 1.54) is 18.6 Å². The highest BCUT2D eigenvalue weighted by Gasteiger charge is 2.31. The normalized spacial score (nSPS) is 20.9. The van der Waals surface area contributed by atoms with E-state index in [1.807, 2.05) is 0 Å². The SMILES string of the molecule is O=C(NC1CCCCC1)N1CCCC(c2nnc(-c3ccc(C(F)(F)F)cc3)o2)C1. The molecule has 1 N–H and O–H groups in total. The number of amides is 2. The Hall–Kier alpha value is -2.58. The van der Waals surface area contributed by atoms with E-state index in [9.17, 15) is 18.0 Å². The fourth-order valence-corrected chi connectivity index (χ4v) is 4.19. The molecule has 9 heteroatoms. The highest BCUT2D eigenvalue weighted by Crippen LogP contribution is 2.32. The lowest BCUT2D eigenvalue weighted by molar-refractivity contribution is -0.137. The van der Waals surface area contributed by atoms with Crippen molar-refractivity contribution in [2.45, 2.75) is 63.1 Å². The van der Waals surface area contributed by atoms with Crippen LogP contribution in [0.3, 0.4) is 0 Å². The third-order valence-corrected chi connectivity index (χ3v) is 5.89. The van der Waals surface area contributed by atoms with Crippen LogP contribution >= 0.6 is 0 Å². The lowest BCUT2D eigenvalue weighted by atomic mass is 9.95. The van der Waals surface area contributed by atoms with Crippen molar-refractivity contribution in [2.24, 2.45) is 0 Å². The number of likely N-dealkylation sites (tertiary alicyclic amines) is 1. The smallest absolute Gasteiger partial charge is 0.416 e. The molecule has 1 aliphatic carbocycles. The van der Waals surface area contributed by atoms with Gasteiger partial charge in [-0.2, -0.15) is 13.2 Å². The number of hydrogen-bond donors (Lipinski definition) is 1. The number of aromatic nitrogens is 2. The highest BCUT2D eigenvalue weighted by atomic mass is 19.4. The van der Waals surface area contributed by atoms with Crippen LogP contribution in [0.1, 0.15) is 62.3 Å². The Morgan fingerprint density at radius 2 is 1.77 bits per heavy atom. The summed E-state index contributed by atoms with van der Waals surface area (Å²) in [5, 5.41) is 11.2. The molecule has 0 radical (unpaired) electrons. The van der Waals surface area contributed by atoms with Crippen molar-refractivity contribution in [1.29, 1.82) is 0 Å². The van der Waals surface area contributed by atoms with Gasteiger partial charge in [0.2, 0.25) is 11.8 Å². The van der Waals surface area contributed by atoms with Crippen LogP contribution in [0.25, 0.3) is 11.5 Å². The van der Waals surface area contributed by atoms with Crippen molar-refractivity contribution >= 4 is 6.03 Å². The number of rotatable bonds is 3. The van der Waals surface area contributed by atoms with Crippen LogP contribution in [0, 0.1) is 0 Å². The molecule has 2 aliphatic rings. The molecule has 1 saturated heterocycles. The Bertz CT molecular complexity index is 860. The number of carbonyl (C=O) groups excluding carboxylic acids is 1. The number of carbonyl (C=O) groups is 1. The maximum atomic E-state index is 12.7. The fourth-order valence-electron chi connectivity index (χ4n) is 4.19. The molecule has 162 valence electrons. The molecule has 1 atom stereocenters. The number of piperidine rings is 1. The minimum Gasteiger partial charge on any atom is -0.420 e. The van der Waals surface area contributed by atoms with E-state index in [0.29, 0.717) is 24.5 Å². The third-order valence-electron chi connectivity index (χ3n) is 5.89. The largest absolute Gasteiger partial charge is 0.420 e. The molecule has 4 rings (SSSR count). The van der Waals surface area contributed by atoms with E-state index in [4.69, 9.17) is 4.42 Å². The third kappa shape index (κ3) is 4.76. The summed E-state index contributed by atoms with van der Waals surface area (Å²) in [7, 11) is 0. The van der Waals surface area contributed by atoms with E-state index in [2.05, 4.69) is 15.5 Å². The average Bonchev–Trinajstić information content (AvgIpc) is 3.24. The Labute approximate surface area is 172 Å². The van der Waals surface area contributed by atoms with Crippen molar-refractivity contribution in [3.63, 3.8) is 0 Å². The number of halogens is 3. The van der Waals surface area contributed by atoms with Gasteiger partial charge in [0.05, 0.1) is 11.5 Å². The molecule has 1 aromatic carbocycles. The predicted molar refractivity (Wildman–Crippen MR) is 104 cm³/mol. The first-order valence-electron chi connectivity index (χ1n) is 10.5. The molecule has 0 spiro atoms. The quantitative estimate of drug-likeness (QED) is 0.758. The van der Waals surface area contributed by atoms with E-state index < -0.39 is 11.7 Å². The second-order valence-corrected chi connectivity index (χ2v) is 8.09. The van der Waals surface area contributed by atoms with E-state index in [-0.39, 0.29) is 23.9 Å². The first kappa shape index (κ1) is 20.7. The molecule has 0 bridgehead atoms. The summed E-state index contributed by atoms with van der Waals surface area (Å²) < 4.78 is 43.9. The van der Waals surface area contributed by atoms with Crippen molar-refractivity contribution in [1.82, 2.24) is 20.4 Å². The monoisotopic (exact) mass is 422 g/mol. The first-order valence-corrected chi connectivity index (χ1v) is 10.5. The topological polar surface area (TPSA) is 71.3 Å². The number of nitrogens with one attached hydrogen (secondary N) is 1. The first-order chi connectivity index (χ1) is 14.4. The Balaban J connectivity index is 1.39. The van der Waals surface area contributed by atoms with Gasteiger partial charge in [-0.25, -0.2) is 4.79 Å². The van der Waals surface area contributed by atoms with Crippen molar-refractivity contribution < 1.29 is 22.4 Å². The number of hydrogen-bond acceptors (Lipinski definition) is 4. The zero-order chi connectivity index (χ0) is 21.1. The van der Waals surface area contributed by atoms with E-state index >= 15 is 0 Å². The van der Waals surface area contributed by atoms with Gasteiger partial charge >= 0.3 is 12.2 Å². The number of benzene rings is 1. The standard InChI is InChI=1S/C21H25F3N4O2/c22-21(23,24)16-10-8-14(9-11-16)18-26-27-19(30-18)15-5-4-12-28(13-15)20(29)25-17-6-2-1-3-7-17/h8-11,15,17H,1-7,12-13H2,(H,25,29). The number of urea groups is 1. The summed E-state index contributed by atoms with van der Waals surface area (Å²) >= 11 is 0. The van der Waals surface area contributed by atoms with Gasteiger partial charge in [-0.3, -0.25) is 0 Å². The predicted octanol–water partition coefficient (Wildman–Crippen LogP) is 4.98. The van der Waals surface area contributed by atoms with Gasteiger partial charge in [0.15, 0.2) is 0 Å². The molecule has 30 heavy (non-hydrogen) atoms. The van der Waals surface area contributed by atoms with Crippen molar-refractivity contribution in [2.75, 3.05) is 13.1 Å². The number of alkyl halides is 3. The molecule has 1 unspecified atom stereocenters. The molecular formula is C21H25F3N4O2. The molecule has 2 aromatic rings. The Morgan fingerprint density at radius 1 is 1.03 bits per heavy atom. The van der Waals surface area contributed by atoms with Crippen molar-refractivity contribution in [3.8, 4) is 11.5 Å². The number of nitrogens with zero attached hydrogens (tertiary/aromatic N) is 3. The Kier molecular flexibility index (Phi) is 5.97. The molecule has 1 aromatic heterocycles. The molecule has 2 amide bonds. The molecule has 2 heterocycles. The highest BCUT2D eigenvalue weighted by molar-refractivity contribution is 5.74. The van der Waals surface area contributed by atoms with Gasteiger partial charge in [-0.05, 0) is 49.9 Å². The summed E-state index contributed by atoms with van der Waals surface area (Å²) in [6.07, 6.45) is 2.87. The van der Waals surface area contributed by atoms with Gasteiger partial charge in [0.25, 0.3) is 0 Å². The summed E-state index contributed by atoms with van der Waals surface area (Å²) in [4.78, 5) is 14.4. The van der Waals surface area contributed by atoms with Gasteiger partial charge in [-0.1, -0.05) is 19.3 Å². The summed E-state index contributed by atoms with van der Waals surface area (Å²) in [6, 6.07) is 4.85. The molecule has 1 aliphatic heterocycles. The van der Waals surface area contributed by atoms with Crippen LogP contribution in [0.4, 0.5) is 18.0 Å². The zero-order valence-electron chi connectivity index (χ0n) is 16.6. The zero-order valence-corrected chi connectivity index (χ0v) is 16.6.